The standard InChI is InChI=1S/C28H26O3/c29-26(21-30-27-19-11-4-12-20-27)22-31-28(23-13-5-1-6-14-23,24-15-7-2-8-16-24)25-17-9-3-10-18-25/h1-20,26,29H,21-22H2/t26-/m1/s1. The van der Waals surface area contributed by atoms with E-state index in [1.807, 2.05) is 84.9 Å². The zero-order valence-corrected chi connectivity index (χ0v) is 17.3. The van der Waals surface area contributed by atoms with Crippen LogP contribution in [0.25, 0.3) is 0 Å². The van der Waals surface area contributed by atoms with Crippen LogP contribution in [-0.4, -0.2) is 24.4 Å². The van der Waals surface area contributed by atoms with E-state index >= 15 is 0 Å². The summed E-state index contributed by atoms with van der Waals surface area (Å²) in [6.07, 6.45) is -0.782. The number of benzene rings is 4. The molecule has 0 saturated carbocycles. The molecule has 4 aromatic rings. The molecule has 1 atom stereocenters. The van der Waals surface area contributed by atoms with E-state index in [0.717, 1.165) is 22.4 Å². The lowest BCUT2D eigenvalue weighted by Gasteiger charge is -2.36. The van der Waals surface area contributed by atoms with Crippen LogP contribution in [0.5, 0.6) is 5.75 Å². The van der Waals surface area contributed by atoms with Crippen LogP contribution < -0.4 is 4.74 Å². The van der Waals surface area contributed by atoms with Gasteiger partial charge in [-0.1, -0.05) is 109 Å². The Balaban J connectivity index is 1.65. The smallest absolute Gasteiger partial charge is 0.143 e. The molecule has 0 aliphatic carbocycles. The lowest BCUT2D eigenvalue weighted by Crippen LogP contribution is -2.37. The molecule has 4 aromatic carbocycles. The van der Waals surface area contributed by atoms with Gasteiger partial charge in [0.15, 0.2) is 0 Å². The molecule has 0 bridgehead atoms. The molecule has 1 N–H and O–H groups in total. The second-order valence-corrected chi connectivity index (χ2v) is 7.37. The minimum absolute atomic E-state index is 0.117. The second kappa shape index (κ2) is 10.1. The van der Waals surface area contributed by atoms with Crippen molar-refractivity contribution in [3.8, 4) is 5.75 Å². The van der Waals surface area contributed by atoms with E-state index < -0.39 is 11.7 Å². The summed E-state index contributed by atoms with van der Waals surface area (Å²) in [7, 11) is 0. The van der Waals surface area contributed by atoms with Crippen molar-refractivity contribution >= 4 is 0 Å². The summed E-state index contributed by atoms with van der Waals surface area (Å²) in [4.78, 5) is 0. The molecule has 0 aliphatic rings. The average Bonchev–Trinajstić information content (AvgIpc) is 2.86. The molecule has 0 saturated heterocycles. The van der Waals surface area contributed by atoms with Crippen molar-refractivity contribution in [1.82, 2.24) is 0 Å². The Kier molecular flexibility index (Phi) is 6.78. The highest BCUT2D eigenvalue weighted by Crippen LogP contribution is 2.40. The van der Waals surface area contributed by atoms with Crippen LogP contribution >= 0.6 is 0 Å². The van der Waals surface area contributed by atoms with Gasteiger partial charge in [-0.25, -0.2) is 0 Å². The van der Waals surface area contributed by atoms with Crippen molar-refractivity contribution in [2.45, 2.75) is 11.7 Å². The van der Waals surface area contributed by atoms with E-state index in [0.29, 0.717) is 0 Å². The SMILES string of the molecule is O[C@H](COc1ccccc1)COC(c1ccccc1)(c1ccccc1)c1ccccc1. The van der Waals surface area contributed by atoms with Crippen LogP contribution in [0, 0.1) is 0 Å². The molecular weight excluding hydrogens is 384 g/mol. The van der Waals surface area contributed by atoms with Gasteiger partial charge in [0.1, 0.15) is 24.1 Å². The summed E-state index contributed by atoms with van der Waals surface area (Å²) >= 11 is 0. The largest absolute Gasteiger partial charge is 0.491 e. The molecule has 0 aromatic heterocycles. The normalized spacial score (nSPS) is 12.3. The Labute approximate surface area is 183 Å². The lowest BCUT2D eigenvalue weighted by molar-refractivity contribution is -0.0493. The Morgan fingerprint density at radius 2 is 0.935 bits per heavy atom. The number of aliphatic hydroxyl groups excluding tert-OH is 1. The van der Waals surface area contributed by atoms with Crippen molar-refractivity contribution in [3.63, 3.8) is 0 Å². The maximum atomic E-state index is 10.7. The van der Waals surface area contributed by atoms with E-state index in [4.69, 9.17) is 9.47 Å². The first-order valence-electron chi connectivity index (χ1n) is 10.5. The maximum absolute atomic E-state index is 10.7. The number of para-hydroxylation sites is 1. The molecule has 0 fully saturated rings. The summed E-state index contributed by atoms with van der Waals surface area (Å²) in [5, 5.41) is 10.7. The molecule has 0 unspecified atom stereocenters. The van der Waals surface area contributed by atoms with Crippen LogP contribution in [0.3, 0.4) is 0 Å². The van der Waals surface area contributed by atoms with Crippen LogP contribution in [0.2, 0.25) is 0 Å². The Morgan fingerprint density at radius 3 is 1.35 bits per heavy atom. The van der Waals surface area contributed by atoms with E-state index in [2.05, 4.69) is 36.4 Å². The highest BCUT2D eigenvalue weighted by atomic mass is 16.5. The van der Waals surface area contributed by atoms with Crippen molar-refractivity contribution in [3.05, 3.63) is 138 Å². The molecule has 0 heterocycles. The number of hydrogen-bond acceptors (Lipinski definition) is 3. The number of ether oxygens (including phenoxy) is 2. The van der Waals surface area contributed by atoms with Gasteiger partial charge >= 0.3 is 0 Å². The molecule has 0 amide bonds. The van der Waals surface area contributed by atoms with Gasteiger partial charge in [0.2, 0.25) is 0 Å². The number of rotatable bonds is 9. The molecule has 0 radical (unpaired) electrons. The fraction of sp³-hybridized carbons (Fsp3) is 0.143. The molecule has 4 rings (SSSR count). The van der Waals surface area contributed by atoms with Crippen LogP contribution in [-0.2, 0) is 10.3 Å². The minimum Gasteiger partial charge on any atom is -0.491 e. The van der Waals surface area contributed by atoms with Gasteiger partial charge < -0.3 is 14.6 Å². The van der Waals surface area contributed by atoms with Crippen molar-refractivity contribution in [2.75, 3.05) is 13.2 Å². The van der Waals surface area contributed by atoms with Gasteiger partial charge in [0.05, 0.1) is 6.61 Å². The monoisotopic (exact) mass is 410 g/mol. The summed E-state index contributed by atoms with van der Waals surface area (Å²) in [5.74, 6) is 0.724. The van der Waals surface area contributed by atoms with Crippen molar-refractivity contribution in [2.24, 2.45) is 0 Å². The zero-order chi connectivity index (χ0) is 21.4. The Hall–Kier alpha value is -3.40. The van der Waals surface area contributed by atoms with Gasteiger partial charge in [-0.3, -0.25) is 0 Å². The number of aliphatic hydroxyl groups is 1. The van der Waals surface area contributed by atoms with Gasteiger partial charge in [-0.2, -0.15) is 0 Å². The summed E-state index contributed by atoms with van der Waals surface area (Å²) in [6, 6.07) is 39.9. The first-order valence-corrected chi connectivity index (χ1v) is 10.5. The van der Waals surface area contributed by atoms with Crippen molar-refractivity contribution < 1.29 is 14.6 Å². The fourth-order valence-corrected chi connectivity index (χ4v) is 3.75. The first kappa shape index (κ1) is 20.9. The van der Waals surface area contributed by atoms with Crippen LogP contribution in [0.4, 0.5) is 0 Å². The first-order chi connectivity index (χ1) is 15.3. The quantitative estimate of drug-likeness (QED) is 0.374. The van der Waals surface area contributed by atoms with Gasteiger partial charge in [-0.05, 0) is 28.8 Å². The van der Waals surface area contributed by atoms with E-state index in [-0.39, 0.29) is 13.2 Å². The second-order valence-electron chi connectivity index (χ2n) is 7.37. The predicted octanol–water partition coefficient (Wildman–Crippen LogP) is 5.44. The van der Waals surface area contributed by atoms with E-state index in [9.17, 15) is 5.11 Å². The van der Waals surface area contributed by atoms with E-state index in [1.165, 1.54) is 0 Å². The highest BCUT2D eigenvalue weighted by molar-refractivity contribution is 5.47. The van der Waals surface area contributed by atoms with Gasteiger partial charge in [-0.15, -0.1) is 0 Å². The molecule has 3 nitrogen and oxygen atoms in total. The molecule has 0 aliphatic heterocycles. The van der Waals surface area contributed by atoms with Crippen LogP contribution in [0.15, 0.2) is 121 Å². The summed E-state index contributed by atoms with van der Waals surface area (Å²) < 4.78 is 12.3. The lowest BCUT2D eigenvalue weighted by atomic mass is 9.80. The summed E-state index contributed by atoms with van der Waals surface area (Å²) in [5.41, 5.74) is 2.16. The zero-order valence-electron chi connectivity index (χ0n) is 17.3. The highest BCUT2D eigenvalue weighted by Gasteiger charge is 2.38. The van der Waals surface area contributed by atoms with Crippen LogP contribution in [0.1, 0.15) is 16.7 Å². The van der Waals surface area contributed by atoms with Gasteiger partial charge in [0.25, 0.3) is 0 Å². The third kappa shape index (κ3) is 4.85. The summed E-state index contributed by atoms with van der Waals surface area (Å²) in [6.45, 7) is 0.268. The average molecular weight is 411 g/mol. The number of hydrogen-bond donors (Lipinski definition) is 1. The Bertz CT molecular complexity index is 938. The third-order valence-electron chi connectivity index (χ3n) is 5.22. The molecule has 156 valence electrons. The van der Waals surface area contributed by atoms with Crippen molar-refractivity contribution in [1.29, 1.82) is 0 Å². The molecular formula is C28H26O3. The Morgan fingerprint density at radius 1 is 0.548 bits per heavy atom. The molecule has 3 heteroatoms. The maximum Gasteiger partial charge on any atom is 0.143 e. The third-order valence-corrected chi connectivity index (χ3v) is 5.22. The predicted molar refractivity (Wildman–Crippen MR) is 123 cm³/mol. The molecule has 0 spiro atoms. The van der Waals surface area contributed by atoms with Gasteiger partial charge in [0, 0.05) is 0 Å². The minimum atomic E-state index is -0.850. The molecule has 31 heavy (non-hydrogen) atoms. The van der Waals surface area contributed by atoms with E-state index in [1.54, 1.807) is 0 Å². The topological polar surface area (TPSA) is 38.7 Å². The fourth-order valence-electron chi connectivity index (χ4n) is 3.75.